The number of nitrogens with zero attached hydrogens (tertiary/aromatic N) is 4. The van der Waals surface area contributed by atoms with E-state index in [4.69, 9.17) is 9.47 Å². The first-order valence-corrected chi connectivity index (χ1v) is 10.5. The van der Waals surface area contributed by atoms with E-state index in [0.29, 0.717) is 43.4 Å². The molecular formula is C23H26N6O3. The van der Waals surface area contributed by atoms with Gasteiger partial charge in [-0.05, 0) is 31.2 Å². The lowest BCUT2D eigenvalue weighted by molar-refractivity contribution is 0.0962. The third-order valence-electron chi connectivity index (χ3n) is 4.93. The predicted octanol–water partition coefficient (Wildman–Crippen LogP) is 2.40. The molecule has 166 valence electrons. The van der Waals surface area contributed by atoms with E-state index in [1.807, 2.05) is 43.3 Å². The van der Waals surface area contributed by atoms with E-state index in [0.717, 1.165) is 24.3 Å². The summed E-state index contributed by atoms with van der Waals surface area (Å²) < 4.78 is 11.3. The zero-order valence-corrected chi connectivity index (χ0v) is 18.0. The highest BCUT2D eigenvalue weighted by Crippen LogP contribution is 2.20. The normalized spacial score (nSPS) is 13.5. The first kappa shape index (κ1) is 21.5. The number of morpholine rings is 1. The topological polar surface area (TPSA) is 102 Å². The molecule has 3 heterocycles. The van der Waals surface area contributed by atoms with Crippen molar-refractivity contribution < 1.29 is 14.3 Å². The summed E-state index contributed by atoms with van der Waals surface area (Å²) in [6.07, 6.45) is 2.39. The van der Waals surface area contributed by atoms with Crippen LogP contribution in [0.4, 0.5) is 11.6 Å². The van der Waals surface area contributed by atoms with E-state index >= 15 is 0 Å². The lowest BCUT2D eigenvalue weighted by Gasteiger charge is -2.28. The van der Waals surface area contributed by atoms with Crippen molar-refractivity contribution in [1.82, 2.24) is 20.4 Å². The van der Waals surface area contributed by atoms with Gasteiger partial charge in [0.2, 0.25) is 0 Å². The summed E-state index contributed by atoms with van der Waals surface area (Å²) in [5.74, 6) is 0.900. The quantitative estimate of drug-likeness (QED) is 0.521. The number of hydrogen-bond donors (Lipinski definition) is 2. The molecule has 1 aliphatic heterocycles. The lowest BCUT2D eigenvalue weighted by Crippen LogP contribution is -2.37. The van der Waals surface area contributed by atoms with Gasteiger partial charge in [-0.25, -0.2) is 0 Å². The van der Waals surface area contributed by atoms with Crippen molar-refractivity contribution in [1.29, 1.82) is 0 Å². The number of rotatable bonds is 8. The number of ether oxygens (including phenoxy) is 2. The second-order valence-corrected chi connectivity index (χ2v) is 7.36. The molecule has 1 aliphatic rings. The monoisotopic (exact) mass is 434 g/mol. The molecule has 1 aromatic carbocycles. The highest BCUT2D eigenvalue weighted by molar-refractivity contribution is 5.94. The summed E-state index contributed by atoms with van der Waals surface area (Å²) in [4.78, 5) is 27.8. The summed E-state index contributed by atoms with van der Waals surface area (Å²) >= 11 is 0. The average molecular weight is 435 g/mol. The number of anilines is 2. The SMILES string of the molecule is Cc1cccc(C(=O)NNc2cc(N3CCOCC3)nc(OCCc3ccccn3)n2)c1. The summed E-state index contributed by atoms with van der Waals surface area (Å²) in [7, 11) is 0. The Morgan fingerprint density at radius 1 is 1.12 bits per heavy atom. The van der Waals surface area contributed by atoms with Crippen LogP contribution in [0.5, 0.6) is 6.01 Å². The molecule has 1 saturated heterocycles. The Hall–Kier alpha value is -3.72. The Balaban J connectivity index is 1.45. The van der Waals surface area contributed by atoms with Crippen LogP contribution in [-0.4, -0.2) is 53.8 Å². The highest BCUT2D eigenvalue weighted by Gasteiger charge is 2.16. The van der Waals surface area contributed by atoms with Crippen LogP contribution in [-0.2, 0) is 11.2 Å². The maximum absolute atomic E-state index is 12.5. The zero-order valence-electron chi connectivity index (χ0n) is 18.0. The van der Waals surface area contributed by atoms with Crippen molar-refractivity contribution in [2.45, 2.75) is 13.3 Å². The van der Waals surface area contributed by atoms with Gasteiger partial charge in [-0.3, -0.25) is 20.6 Å². The molecule has 9 heteroatoms. The minimum Gasteiger partial charge on any atom is -0.463 e. The number of pyridine rings is 1. The van der Waals surface area contributed by atoms with Gasteiger partial charge in [0.15, 0.2) is 5.82 Å². The Kier molecular flexibility index (Phi) is 7.08. The molecule has 0 saturated carbocycles. The molecule has 0 unspecified atom stereocenters. The van der Waals surface area contributed by atoms with Gasteiger partial charge in [-0.1, -0.05) is 23.8 Å². The van der Waals surface area contributed by atoms with Crippen LogP contribution >= 0.6 is 0 Å². The fourth-order valence-electron chi connectivity index (χ4n) is 3.27. The van der Waals surface area contributed by atoms with Crippen molar-refractivity contribution in [2.75, 3.05) is 43.2 Å². The average Bonchev–Trinajstić information content (AvgIpc) is 2.84. The maximum Gasteiger partial charge on any atom is 0.320 e. The third kappa shape index (κ3) is 5.92. The Bertz CT molecular complexity index is 1040. The number of benzene rings is 1. The second-order valence-electron chi connectivity index (χ2n) is 7.36. The number of hydrazine groups is 1. The van der Waals surface area contributed by atoms with Crippen LogP contribution in [0.25, 0.3) is 0 Å². The van der Waals surface area contributed by atoms with Crippen LogP contribution in [0.3, 0.4) is 0 Å². The number of carbonyl (C=O) groups is 1. The van der Waals surface area contributed by atoms with Gasteiger partial charge in [-0.2, -0.15) is 9.97 Å². The van der Waals surface area contributed by atoms with Crippen molar-refractivity contribution >= 4 is 17.5 Å². The second kappa shape index (κ2) is 10.5. The number of aryl methyl sites for hydroxylation is 1. The highest BCUT2D eigenvalue weighted by atomic mass is 16.5. The number of aromatic nitrogens is 3. The summed E-state index contributed by atoms with van der Waals surface area (Å²) in [6.45, 7) is 5.04. The number of amides is 1. The summed E-state index contributed by atoms with van der Waals surface area (Å²) in [5.41, 5.74) is 8.09. The van der Waals surface area contributed by atoms with E-state index < -0.39 is 0 Å². The predicted molar refractivity (Wildman–Crippen MR) is 121 cm³/mol. The Morgan fingerprint density at radius 3 is 2.78 bits per heavy atom. The van der Waals surface area contributed by atoms with Crippen molar-refractivity contribution in [2.24, 2.45) is 0 Å². The molecule has 0 atom stereocenters. The van der Waals surface area contributed by atoms with Gasteiger partial charge in [-0.15, -0.1) is 0 Å². The van der Waals surface area contributed by atoms with Crippen LogP contribution in [0.15, 0.2) is 54.7 Å². The van der Waals surface area contributed by atoms with Crippen molar-refractivity contribution in [3.05, 3.63) is 71.5 Å². The van der Waals surface area contributed by atoms with E-state index in [1.165, 1.54) is 0 Å². The molecule has 0 spiro atoms. The minimum absolute atomic E-state index is 0.234. The van der Waals surface area contributed by atoms with E-state index in [-0.39, 0.29) is 11.9 Å². The molecule has 1 amide bonds. The van der Waals surface area contributed by atoms with Crippen LogP contribution in [0, 0.1) is 6.92 Å². The minimum atomic E-state index is -0.252. The number of nitrogens with one attached hydrogen (secondary N) is 2. The van der Waals surface area contributed by atoms with Crippen LogP contribution < -0.4 is 20.5 Å². The van der Waals surface area contributed by atoms with Gasteiger partial charge in [0, 0.05) is 43.0 Å². The molecule has 1 fully saturated rings. The van der Waals surface area contributed by atoms with Crippen LogP contribution in [0.2, 0.25) is 0 Å². The molecule has 4 rings (SSSR count). The van der Waals surface area contributed by atoms with Gasteiger partial charge in [0.05, 0.1) is 19.8 Å². The molecular weight excluding hydrogens is 408 g/mol. The van der Waals surface area contributed by atoms with E-state index in [1.54, 1.807) is 18.3 Å². The molecule has 32 heavy (non-hydrogen) atoms. The summed E-state index contributed by atoms with van der Waals surface area (Å²) in [5, 5.41) is 0. The Morgan fingerprint density at radius 2 is 2.00 bits per heavy atom. The fourth-order valence-corrected chi connectivity index (χ4v) is 3.27. The van der Waals surface area contributed by atoms with E-state index in [9.17, 15) is 4.79 Å². The van der Waals surface area contributed by atoms with Crippen molar-refractivity contribution in [3.63, 3.8) is 0 Å². The smallest absolute Gasteiger partial charge is 0.320 e. The first-order chi connectivity index (χ1) is 15.7. The van der Waals surface area contributed by atoms with Gasteiger partial charge in [0.25, 0.3) is 5.91 Å². The molecule has 0 aliphatic carbocycles. The van der Waals surface area contributed by atoms with Gasteiger partial charge < -0.3 is 14.4 Å². The molecule has 2 N–H and O–H groups in total. The Labute approximate surface area is 186 Å². The lowest BCUT2D eigenvalue weighted by atomic mass is 10.1. The van der Waals surface area contributed by atoms with Crippen molar-refractivity contribution in [3.8, 4) is 6.01 Å². The molecule has 0 radical (unpaired) electrons. The summed E-state index contributed by atoms with van der Waals surface area (Å²) in [6, 6.07) is 15.2. The number of hydrogen-bond acceptors (Lipinski definition) is 8. The van der Waals surface area contributed by atoms with E-state index in [2.05, 4.69) is 30.7 Å². The molecule has 3 aromatic rings. The third-order valence-corrected chi connectivity index (χ3v) is 4.93. The maximum atomic E-state index is 12.5. The van der Waals surface area contributed by atoms with Crippen LogP contribution in [0.1, 0.15) is 21.6 Å². The number of carbonyl (C=O) groups excluding carboxylic acids is 1. The largest absolute Gasteiger partial charge is 0.463 e. The standard InChI is InChI=1S/C23H26N6O3/c1-17-5-4-6-18(15-17)22(30)28-27-20-16-21(29-10-13-31-14-11-29)26-23(25-20)32-12-8-19-7-2-3-9-24-19/h2-7,9,15-16H,8,10-14H2,1H3,(H,28,30)(H,25,26,27). The first-order valence-electron chi connectivity index (χ1n) is 10.5. The zero-order chi connectivity index (χ0) is 22.2. The molecule has 9 nitrogen and oxygen atoms in total. The van der Waals surface area contributed by atoms with Gasteiger partial charge in [0.1, 0.15) is 5.82 Å². The fraction of sp³-hybridized carbons (Fsp3) is 0.304. The van der Waals surface area contributed by atoms with Gasteiger partial charge >= 0.3 is 6.01 Å². The molecule has 0 bridgehead atoms. The molecule has 2 aromatic heterocycles.